The molecule has 1 amide bonds. The first-order chi connectivity index (χ1) is 16.2. The van der Waals surface area contributed by atoms with E-state index in [9.17, 15) is 19.8 Å². The summed E-state index contributed by atoms with van der Waals surface area (Å²) >= 11 is 0. The fraction of sp³-hybridized carbons (Fsp3) is 0.360. The largest absolute Gasteiger partial charge is 0.507 e. The number of hydrogen-bond acceptors (Lipinski definition) is 8. The summed E-state index contributed by atoms with van der Waals surface area (Å²) in [5.74, 6) is -1.05. The van der Waals surface area contributed by atoms with Crippen molar-refractivity contribution >= 4 is 17.4 Å². The van der Waals surface area contributed by atoms with E-state index in [1.807, 2.05) is 19.0 Å². The fourth-order valence-corrected chi connectivity index (χ4v) is 4.04. The first kappa shape index (κ1) is 24.9. The summed E-state index contributed by atoms with van der Waals surface area (Å²) in [5.41, 5.74) is 0.590. The number of hydrogen-bond donors (Lipinski definition) is 2. The molecule has 1 fully saturated rings. The molecule has 3 rings (SSSR count). The van der Waals surface area contributed by atoms with Crippen LogP contribution in [0.2, 0.25) is 0 Å². The highest BCUT2D eigenvalue weighted by Gasteiger charge is 2.46. The van der Waals surface area contributed by atoms with Gasteiger partial charge in [0.25, 0.3) is 11.7 Å². The van der Waals surface area contributed by atoms with Crippen LogP contribution in [0.25, 0.3) is 5.76 Å². The molecule has 1 atom stereocenters. The quantitative estimate of drug-likeness (QED) is 0.327. The molecule has 2 aromatic rings. The van der Waals surface area contributed by atoms with Crippen molar-refractivity contribution in [2.75, 3.05) is 48.5 Å². The summed E-state index contributed by atoms with van der Waals surface area (Å²) in [5, 5.41) is 21.7. The molecule has 1 unspecified atom stereocenters. The van der Waals surface area contributed by atoms with Crippen molar-refractivity contribution in [2.24, 2.45) is 0 Å². The lowest BCUT2D eigenvalue weighted by Crippen LogP contribution is -2.32. The average molecular weight is 471 g/mol. The van der Waals surface area contributed by atoms with Crippen LogP contribution in [0.4, 0.5) is 0 Å². The second-order valence-corrected chi connectivity index (χ2v) is 8.15. The zero-order valence-corrected chi connectivity index (χ0v) is 20.0. The SMILES string of the molecule is COc1ccc(OC)c(/C(O)=C2\C(=O)C(=O)N(CCCN(C)C)C2c2ccc(OC)c(O)c2)c1. The minimum absolute atomic E-state index is 0.0917. The van der Waals surface area contributed by atoms with Crippen LogP contribution in [0.15, 0.2) is 42.0 Å². The number of phenolic OH excluding ortho intramolecular Hbond substituents is 1. The third-order valence-corrected chi connectivity index (χ3v) is 5.72. The van der Waals surface area contributed by atoms with Crippen LogP contribution in [-0.4, -0.2) is 80.2 Å². The number of rotatable bonds is 9. The van der Waals surface area contributed by atoms with Crippen LogP contribution < -0.4 is 14.2 Å². The predicted octanol–water partition coefficient (Wildman–Crippen LogP) is 2.79. The molecule has 1 heterocycles. The third kappa shape index (κ3) is 4.79. The first-order valence-electron chi connectivity index (χ1n) is 10.8. The molecule has 1 saturated heterocycles. The molecule has 0 radical (unpaired) electrons. The number of Topliss-reactive ketones (excluding diaryl/α,β-unsaturated/α-hetero) is 1. The summed E-state index contributed by atoms with van der Waals surface area (Å²) < 4.78 is 15.8. The molecule has 1 aliphatic heterocycles. The minimum Gasteiger partial charge on any atom is -0.507 e. The number of aliphatic hydroxyl groups is 1. The maximum Gasteiger partial charge on any atom is 0.295 e. The summed E-state index contributed by atoms with van der Waals surface area (Å²) in [7, 11) is 8.19. The van der Waals surface area contributed by atoms with E-state index >= 15 is 0 Å². The lowest BCUT2D eigenvalue weighted by molar-refractivity contribution is -0.139. The Morgan fingerprint density at radius 2 is 1.68 bits per heavy atom. The van der Waals surface area contributed by atoms with Crippen LogP contribution >= 0.6 is 0 Å². The van der Waals surface area contributed by atoms with E-state index in [2.05, 4.69) is 0 Å². The van der Waals surface area contributed by atoms with Crippen LogP contribution in [-0.2, 0) is 9.59 Å². The molecule has 0 bridgehead atoms. The minimum atomic E-state index is -0.908. The summed E-state index contributed by atoms with van der Waals surface area (Å²) in [6.07, 6.45) is 0.612. The van der Waals surface area contributed by atoms with Gasteiger partial charge in [-0.15, -0.1) is 0 Å². The lowest BCUT2D eigenvalue weighted by atomic mass is 9.94. The molecular formula is C25H30N2O7. The number of nitrogens with zero attached hydrogens (tertiary/aromatic N) is 2. The van der Waals surface area contributed by atoms with Gasteiger partial charge in [0.05, 0.1) is 38.5 Å². The van der Waals surface area contributed by atoms with Crippen LogP contribution in [0.1, 0.15) is 23.6 Å². The molecule has 2 N–H and O–H groups in total. The van der Waals surface area contributed by atoms with E-state index in [4.69, 9.17) is 14.2 Å². The number of carbonyl (C=O) groups excluding carboxylic acids is 2. The zero-order chi connectivity index (χ0) is 25.0. The number of carbonyl (C=O) groups is 2. The number of aliphatic hydroxyl groups excluding tert-OH is 1. The lowest BCUT2D eigenvalue weighted by Gasteiger charge is -2.26. The van der Waals surface area contributed by atoms with E-state index in [0.717, 1.165) is 0 Å². The molecule has 0 aromatic heterocycles. The van der Waals surface area contributed by atoms with Crippen molar-refractivity contribution in [1.29, 1.82) is 0 Å². The smallest absolute Gasteiger partial charge is 0.295 e. The Hall–Kier alpha value is -3.72. The van der Waals surface area contributed by atoms with Crippen molar-refractivity contribution < 1.29 is 34.0 Å². The highest BCUT2D eigenvalue weighted by atomic mass is 16.5. The normalized spacial score (nSPS) is 17.4. The maximum atomic E-state index is 13.2. The van der Waals surface area contributed by atoms with Gasteiger partial charge in [0.2, 0.25) is 0 Å². The second-order valence-electron chi connectivity index (χ2n) is 8.15. The molecule has 0 spiro atoms. The second kappa shape index (κ2) is 10.5. The van der Waals surface area contributed by atoms with Crippen molar-refractivity contribution in [3.63, 3.8) is 0 Å². The van der Waals surface area contributed by atoms with Gasteiger partial charge in [-0.1, -0.05) is 6.07 Å². The van der Waals surface area contributed by atoms with Crippen LogP contribution in [0.3, 0.4) is 0 Å². The number of benzene rings is 2. The van der Waals surface area contributed by atoms with E-state index in [-0.39, 0.29) is 34.9 Å². The van der Waals surface area contributed by atoms with E-state index < -0.39 is 17.7 Å². The molecule has 182 valence electrons. The Labute approximate surface area is 198 Å². The molecule has 0 saturated carbocycles. The number of methoxy groups -OCH3 is 3. The van der Waals surface area contributed by atoms with Gasteiger partial charge in [-0.3, -0.25) is 9.59 Å². The van der Waals surface area contributed by atoms with Gasteiger partial charge in [0.1, 0.15) is 17.3 Å². The van der Waals surface area contributed by atoms with Crippen molar-refractivity contribution in [1.82, 2.24) is 9.80 Å². The molecular weight excluding hydrogens is 440 g/mol. The van der Waals surface area contributed by atoms with Crippen LogP contribution in [0, 0.1) is 0 Å². The number of ether oxygens (including phenoxy) is 3. The Morgan fingerprint density at radius 1 is 1.00 bits per heavy atom. The van der Waals surface area contributed by atoms with E-state index in [0.29, 0.717) is 30.0 Å². The third-order valence-electron chi connectivity index (χ3n) is 5.72. The Kier molecular flexibility index (Phi) is 7.68. The molecule has 1 aliphatic rings. The van der Waals surface area contributed by atoms with Gasteiger partial charge < -0.3 is 34.2 Å². The van der Waals surface area contributed by atoms with Gasteiger partial charge in [-0.05, 0) is 63.0 Å². The topological polar surface area (TPSA) is 109 Å². The fourth-order valence-electron chi connectivity index (χ4n) is 4.04. The highest BCUT2D eigenvalue weighted by Crippen LogP contribution is 2.43. The number of ketones is 1. The summed E-state index contributed by atoms with van der Waals surface area (Å²) in [6.45, 7) is 0.986. The van der Waals surface area contributed by atoms with Gasteiger partial charge in [-0.2, -0.15) is 0 Å². The van der Waals surface area contributed by atoms with E-state index in [1.54, 1.807) is 24.3 Å². The Morgan fingerprint density at radius 3 is 2.26 bits per heavy atom. The maximum absolute atomic E-state index is 13.2. The van der Waals surface area contributed by atoms with Crippen molar-refractivity contribution in [3.8, 4) is 23.0 Å². The van der Waals surface area contributed by atoms with Gasteiger partial charge in [-0.25, -0.2) is 0 Å². The number of likely N-dealkylation sites (tertiary alicyclic amines) is 1. The molecule has 34 heavy (non-hydrogen) atoms. The number of amides is 1. The van der Waals surface area contributed by atoms with Crippen molar-refractivity contribution in [3.05, 3.63) is 53.1 Å². The van der Waals surface area contributed by atoms with Gasteiger partial charge >= 0.3 is 0 Å². The number of phenols is 1. The molecule has 2 aromatic carbocycles. The molecule has 9 heteroatoms. The zero-order valence-electron chi connectivity index (χ0n) is 20.0. The summed E-state index contributed by atoms with van der Waals surface area (Å²) in [6, 6.07) is 8.54. The van der Waals surface area contributed by atoms with Gasteiger partial charge in [0.15, 0.2) is 11.5 Å². The predicted molar refractivity (Wildman–Crippen MR) is 126 cm³/mol. The van der Waals surface area contributed by atoms with Crippen LogP contribution in [0.5, 0.6) is 23.0 Å². The van der Waals surface area contributed by atoms with Crippen molar-refractivity contribution in [2.45, 2.75) is 12.5 Å². The Balaban J connectivity index is 2.20. The number of aromatic hydroxyl groups is 1. The Bertz CT molecular complexity index is 1110. The summed E-state index contributed by atoms with van der Waals surface area (Å²) in [4.78, 5) is 29.7. The van der Waals surface area contributed by atoms with E-state index in [1.165, 1.54) is 38.4 Å². The average Bonchev–Trinajstić information content (AvgIpc) is 3.07. The molecule has 0 aliphatic carbocycles. The molecule has 9 nitrogen and oxygen atoms in total. The standard InChI is InChI=1S/C25H30N2O7/c1-26(2)11-6-12-27-22(15-7-9-20(34-5)18(28)13-15)21(24(30)25(27)31)23(29)17-14-16(32-3)8-10-19(17)33-4/h7-10,13-14,22,28-29H,6,11-12H2,1-5H3/b23-21+. The first-order valence-corrected chi connectivity index (χ1v) is 10.8. The highest BCUT2D eigenvalue weighted by molar-refractivity contribution is 6.46. The van der Waals surface area contributed by atoms with Gasteiger partial charge in [0, 0.05) is 6.54 Å². The monoisotopic (exact) mass is 470 g/mol.